The Kier molecular flexibility index (Phi) is 5.91. The molecular weight excluding hydrogens is 452 g/mol. The zero-order valence-corrected chi connectivity index (χ0v) is 19.4. The molecule has 8 heteroatoms. The molecule has 0 spiro atoms. The SMILES string of the molecule is O=C(NCC1(c2ccccc2)CCC1)c1cccc(NS(=O)(=O)c2ccc3c(c2)OCCO3)c1. The van der Waals surface area contributed by atoms with Crippen LogP contribution in [0.25, 0.3) is 0 Å². The van der Waals surface area contributed by atoms with Gasteiger partial charge in [0.1, 0.15) is 13.2 Å². The summed E-state index contributed by atoms with van der Waals surface area (Å²) in [6.45, 7) is 1.34. The molecule has 1 aliphatic heterocycles. The summed E-state index contributed by atoms with van der Waals surface area (Å²) in [6.07, 6.45) is 3.21. The number of hydrogen-bond acceptors (Lipinski definition) is 5. The highest BCUT2D eigenvalue weighted by atomic mass is 32.2. The van der Waals surface area contributed by atoms with Crippen LogP contribution in [0.4, 0.5) is 5.69 Å². The van der Waals surface area contributed by atoms with Gasteiger partial charge in [0.2, 0.25) is 0 Å². The fourth-order valence-electron chi connectivity index (χ4n) is 4.44. The zero-order chi connectivity index (χ0) is 23.6. The highest BCUT2D eigenvalue weighted by Gasteiger charge is 2.38. The molecule has 1 aliphatic carbocycles. The van der Waals surface area contributed by atoms with Gasteiger partial charge in [0, 0.05) is 29.3 Å². The summed E-state index contributed by atoms with van der Waals surface area (Å²) in [6, 6.07) is 21.2. The van der Waals surface area contributed by atoms with Crippen LogP contribution >= 0.6 is 0 Å². The molecule has 0 aromatic heterocycles. The normalized spacial score (nSPS) is 16.2. The Morgan fingerprint density at radius 3 is 2.38 bits per heavy atom. The summed E-state index contributed by atoms with van der Waals surface area (Å²) in [5, 5.41) is 3.05. The van der Waals surface area contributed by atoms with Crippen LogP contribution in [0, 0.1) is 0 Å². The first-order valence-electron chi connectivity index (χ1n) is 11.3. The third-order valence-corrected chi connectivity index (χ3v) is 7.86. The number of fused-ring (bicyclic) bond motifs is 1. The molecule has 1 heterocycles. The number of hydrogen-bond donors (Lipinski definition) is 2. The lowest BCUT2D eigenvalue weighted by Gasteiger charge is -2.42. The molecule has 0 bridgehead atoms. The monoisotopic (exact) mass is 478 g/mol. The number of carbonyl (C=O) groups excluding carboxylic acids is 1. The second-order valence-corrected chi connectivity index (χ2v) is 10.4. The number of ether oxygens (including phenoxy) is 2. The number of anilines is 1. The van der Waals surface area contributed by atoms with E-state index in [2.05, 4.69) is 22.2 Å². The number of amides is 1. The van der Waals surface area contributed by atoms with Gasteiger partial charge < -0.3 is 14.8 Å². The summed E-state index contributed by atoms with van der Waals surface area (Å²) in [7, 11) is -3.87. The Morgan fingerprint density at radius 1 is 0.882 bits per heavy atom. The molecule has 3 aromatic rings. The lowest BCUT2D eigenvalue weighted by atomic mass is 9.64. The van der Waals surface area contributed by atoms with Crippen molar-refractivity contribution in [2.75, 3.05) is 24.5 Å². The van der Waals surface area contributed by atoms with Gasteiger partial charge in [-0.05, 0) is 48.7 Å². The molecule has 1 fully saturated rings. The lowest BCUT2D eigenvalue weighted by molar-refractivity contribution is 0.0928. The number of benzene rings is 3. The smallest absolute Gasteiger partial charge is 0.262 e. The second-order valence-electron chi connectivity index (χ2n) is 8.67. The van der Waals surface area contributed by atoms with Crippen LogP contribution in [0.1, 0.15) is 35.2 Å². The zero-order valence-electron chi connectivity index (χ0n) is 18.6. The second kappa shape index (κ2) is 9.02. The minimum Gasteiger partial charge on any atom is -0.486 e. The summed E-state index contributed by atoms with van der Waals surface area (Å²) in [4.78, 5) is 12.9. The highest BCUT2D eigenvalue weighted by molar-refractivity contribution is 7.92. The Hall–Kier alpha value is -3.52. The van der Waals surface area contributed by atoms with E-state index >= 15 is 0 Å². The van der Waals surface area contributed by atoms with E-state index in [4.69, 9.17) is 9.47 Å². The van der Waals surface area contributed by atoms with Gasteiger partial charge in [-0.3, -0.25) is 9.52 Å². The van der Waals surface area contributed by atoms with E-state index in [-0.39, 0.29) is 16.2 Å². The van der Waals surface area contributed by atoms with Crippen LogP contribution in [0.3, 0.4) is 0 Å². The molecule has 1 amide bonds. The van der Waals surface area contributed by atoms with E-state index in [0.717, 1.165) is 19.3 Å². The average Bonchev–Trinajstić information content (AvgIpc) is 2.83. The summed E-state index contributed by atoms with van der Waals surface area (Å²) < 4.78 is 39.3. The van der Waals surface area contributed by atoms with E-state index in [1.165, 1.54) is 17.7 Å². The van der Waals surface area contributed by atoms with Crippen molar-refractivity contribution < 1.29 is 22.7 Å². The first-order chi connectivity index (χ1) is 16.5. The van der Waals surface area contributed by atoms with Gasteiger partial charge in [0.25, 0.3) is 15.9 Å². The fourth-order valence-corrected chi connectivity index (χ4v) is 5.51. The largest absolute Gasteiger partial charge is 0.486 e. The van der Waals surface area contributed by atoms with Crippen LogP contribution in [0.2, 0.25) is 0 Å². The molecule has 5 rings (SSSR count). The van der Waals surface area contributed by atoms with Crippen molar-refractivity contribution >= 4 is 21.6 Å². The van der Waals surface area contributed by atoms with Crippen molar-refractivity contribution in [1.29, 1.82) is 0 Å². The van der Waals surface area contributed by atoms with Gasteiger partial charge in [-0.2, -0.15) is 0 Å². The fraction of sp³-hybridized carbons (Fsp3) is 0.269. The van der Waals surface area contributed by atoms with Gasteiger partial charge in [0.05, 0.1) is 4.90 Å². The maximum atomic E-state index is 12.9. The van der Waals surface area contributed by atoms with Gasteiger partial charge in [-0.25, -0.2) is 8.42 Å². The third kappa shape index (κ3) is 4.46. The molecule has 0 saturated heterocycles. The van der Waals surface area contributed by atoms with Crippen molar-refractivity contribution in [2.24, 2.45) is 0 Å². The van der Waals surface area contributed by atoms with Crippen LogP contribution in [-0.4, -0.2) is 34.1 Å². The van der Waals surface area contributed by atoms with Crippen molar-refractivity contribution in [3.8, 4) is 11.5 Å². The van der Waals surface area contributed by atoms with E-state index in [1.54, 1.807) is 30.3 Å². The van der Waals surface area contributed by atoms with E-state index in [1.807, 2.05) is 18.2 Å². The Bertz CT molecular complexity index is 1300. The molecule has 2 aliphatic rings. The molecule has 0 atom stereocenters. The van der Waals surface area contributed by atoms with Crippen LogP contribution in [-0.2, 0) is 15.4 Å². The molecule has 34 heavy (non-hydrogen) atoms. The third-order valence-electron chi connectivity index (χ3n) is 6.49. The Labute approximate surface area is 199 Å². The average molecular weight is 479 g/mol. The maximum absolute atomic E-state index is 12.9. The Balaban J connectivity index is 1.28. The molecular formula is C26H26N2O5S. The highest BCUT2D eigenvalue weighted by Crippen LogP contribution is 2.43. The molecule has 0 radical (unpaired) electrons. The summed E-state index contributed by atoms with van der Waals surface area (Å²) in [5.74, 6) is 0.678. The van der Waals surface area contributed by atoms with Crippen LogP contribution in [0.15, 0.2) is 77.7 Å². The standard InChI is InChI=1S/C26H26N2O5S/c29-25(27-18-26(12-5-13-26)20-7-2-1-3-8-20)19-6-4-9-21(16-19)28-34(30,31)22-10-11-23-24(17-22)33-15-14-32-23/h1-4,6-11,16-17,28H,5,12-15,18H2,(H,27,29). The van der Waals surface area contributed by atoms with Gasteiger partial charge in [-0.1, -0.05) is 42.8 Å². The predicted molar refractivity (Wildman–Crippen MR) is 129 cm³/mol. The minimum atomic E-state index is -3.87. The molecule has 0 unspecified atom stereocenters. The van der Waals surface area contributed by atoms with Gasteiger partial charge in [-0.15, -0.1) is 0 Å². The molecule has 7 nitrogen and oxygen atoms in total. The predicted octanol–water partition coefficient (Wildman–Crippen LogP) is 4.11. The topological polar surface area (TPSA) is 93.7 Å². The van der Waals surface area contributed by atoms with Crippen molar-refractivity contribution in [3.63, 3.8) is 0 Å². The number of nitrogens with one attached hydrogen (secondary N) is 2. The van der Waals surface area contributed by atoms with E-state index < -0.39 is 10.0 Å². The lowest BCUT2D eigenvalue weighted by Crippen LogP contribution is -2.45. The minimum absolute atomic E-state index is 0.0334. The van der Waals surface area contributed by atoms with Crippen molar-refractivity contribution in [2.45, 2.75) is 29.6 Å². The Morgan fingerprint density at radius 2 is 1.65 bits per heavy atom. The van der Waals surface area contributed by atoms with Crippen LogP contribution in [0.5, 0.6) is 11.5 Å². The van der Waals surface area contributed by atoms with E-state index in [9.17, 15) is 13.2 Å². The number of carbonyl (C=O) groups is 1. The van der Waals surface area contributed by atoms with E-state index in [0.29, 0.717) is 42.5 Å². The summed E-state index contributed by atoms with van der Waals surface area (Å²) >= 11 is 0. The summed E-state index contributed by atoms with van der Waals surface area (Å²) in [5.41, 5.74) is 1.91. The molecule has 3 aromatic carbocycles. The first kappa shape index (κ1) is 22.3. The van der Waals surface area contributed by atoms with Gasteiger partial charge >= 0.3 is 0 Å². The quantitative estimate of drug-likeness (QED) is 0.533. The van der Waals surface area contributed by atoms with Crippen molar-refractivity contribution in [1.82, 2.24) is 5.32 Å². The van der Waals surface area contributed by atoms with Crippen LogP contribution < -0.4 is 19.5 Å². The molecule has 1 saturated carbocycles. The molecule has 2 N–H and O–H groups in total. The number of sulfonamides is 1. The van der Waals surface area contributed by atoms with Crippen molar-refractivity contribution in [3.05, 3.63) is 83.9 Å². The number of rotatable bonds is 7. The molecule has 176 valence electrons. The van der Waals surface area contributed by atoms with Gasteiger partial charge in [0.15, 0.2) is 11.5 Å². The maximum Gasteiger partial charge on any atom is 0.262 e. The first-order valence-corrected chi connectivity index (χ1v) is 12.8.